The Morgan fingerprint density at radius 2 is 1.01 bits per heavy atom. The minimum atomic E-state index is -0.779. The van der Waals surface area contributed by atoms with E-state index in [1.165, 1.54) is 0 Å². The Labute approximate surface area is 435 Å². The highest BCUT2D eigenvalue weighted by atomic mass is 35.5. The molecule has 0 bridgehead atoms. The third kappa shape index (κ3) is 14.8. The second-order valence-corrected chi connectivity index (χ2v) is 24.0. The Kier molecular flexibility index (Phi) is 18.2. The smallest absolute Gasteiger partial charge is 0.338 e. The van der Waals surface area contributed by atoms with Crippen molar-refractivity contribution < 1.29 is 28.7 Å². The second kappa shape index (κ2) is 22.5. The number of nitrogens with one attached hydrogen (secondary N) is 1. The van der Waals surface area contributed by atoms with Crippen LogP contribution in [0.4, 0.5) is 0 Å². The summed E-state index contributed by atoms with van der Waals surface area (Å²) in [5.41, 5.74) is 3.36. The zero-order valence-electron chi connectivity index (χ0n) is 43.1. The number of amides is 2. The number of hydrogen-bond donors (Lipinski definition) is 1. The minimum absolute atomic E-state index is 0.0319. The van der Waals surface area contributed by atoms with Gasteiger partial charge in [-0.3, -0.25) is 19.9 Å². The third-order valence-corrected chi connectivity index (χ3v) is 12.9. The average molecular weight is 1040 g/mol. The number of ether oxygens (including phenoxy) is 2. The number of carbonyl (C=O) groups excluding carboxylic acids is 4. The average Bonchev–Trinajstić information content (AvgIpc) is 3.62. The first-order chi connectivity index (χ1) is 32.4. The topological polar surface area (TPSA) is 118 Å². The maximum atomic E-state index is 13.9. The van der Waals surface area contributed by atoms with Crippen LogP contribution in [-0.4, -0.2) is 62.8 Å². The van der Waals surface area contributed by atoms with E-state index in [4.69, 9.17) is 60.9 Å². The number of halogens is 4. The molecule has 1 unspecified atom stereocenters. The minimum Gasteiger partial charge on any atom is -0.459 e. The number of esters is 2. The van der Waals surface area contributed by atoms with Crippen molar-refractivity contribution >= 4 is 75.9 Å². The molecule has 0 spiro atoms. The number of rotatable bonds is 14. The fraction of sp³-hybridized carbons (Fsp3) is 0.482. The van der Waals surface area contributed by atoms with Crippen LogP contribution in [-0.2, 0) is 19.1 Å². The van der Waals surface area contributed by atoms with Crippen molar-refractivity contribution in [2.45, 2.75) is 164 Å². The van der Waals surface area contributed by atoms with Crippen molar-refractivity contribution in [1.82, 2.24) is 15.1 Å². The summed E-state index contributed by atoms with van der Waals surface area (Å²) >= 11 is 24.9. The maximum Gasteiger partial charge on any atom is 0.338 e. The van der Waals surface area contributed by atoms with E-state index in [1.54, 1.807) is 60.7 Å². The molecule has 2 heterocycles. The summed E-state index contributed by atoms with van der Waals surface area (Å²) in [6.45, 7) is 28.3. The first-order valence-electron chi connectivity index (χ1n) is 23.9. The lowest BCUT2D eigenvalue weighted by molar-refractivity contribution is -0.135. The Balaban J connectivity index is 0.000000261. The number of hydrogen-bond acceptors (Lipinski definition) is 8. The van der Waals surface area contributed by atoms with Crippen LogP contribution in [0.25, 0.3) is 0 Å². The van der Waals surface area contributed by atoms with Crippen LogP contribution in [0.2, 0.25) is 20.1 Å². The van der Waals surface area contributed by atoms with Gasteiger partial charge >= 0.3 is 11.9 Å². The van der Waals surface area contributed by atoms with Crippen molar-refractivity contribution in [3.8, 4) is 0 Å². The monoisotopic (exact) mass is 1030 g/mol. The normalized spacial score (nSPS) is 17.6. The standard InChI is InChI=1S/C28H36Cl2N2O3.C28H34Cl2N2O3/c2*1-17(2)35-26(34)19-10-8-18(9-11-19)23(12-13-27(3,4)5)32-25(33)24(31-28(32,6)7)20-14-21(29)16-22(30)15-20/h8-11,14-17,23-24,31H,12-13H2,1-7H3;8-11,14-17,23H,12-13H2,1-7H3/t23-,24?;23-/m11/s1. The van der Waals surface area contributed by atoms with Gasteiger partial charge in [0, 0.05) is 25.7 Å². The molecule has 4 aromatic carbocycles. The lowest BCUT2D eigenvalue weighted by Crippen LogP contribution is -2.48. The van der Waals surface area contributed by atoms with Crippen LogP contribution < -0.4 is 5.32 Å². The van der Waals surface area contributed by atoms with Gasteiger partial charge in [-0.1, -0.05) is 112 Å². The maximum absolute atomic E-state index is 13.9. The molecule has 3 atom stereocenters. The number of carbonyl (C=O) groups is 4. The molecule has 6 rings (SSSR count). The molecular weight excluding hydrogens is 966 g/mol. The quantitative estimate of drug-likeness (QED) is 0.125. The van der Waals surface area contributed by atoms with E-state index in [0.717, 1.165) is 42.4 Å². The molecule has 2 aliphatic rings. The van der Waals surface area contributed by atoms with Crippen LogP contribution in [0.1, 0.15) is 184 Å². The van der Waals surface area contributed by atoms with Gasteiger partial charge < -0.3 is 19.3 Å². The second-order valence-electron chi connectivity index (χ2n) is 22.2. The fourth-order valence-corrected chi connectivity index (χ4v) is 9.89. The summed E-state index contributed by atoms with van der Waals surface area (Å²) in [5, 5.41) is 5.37. The first kappa shape index (κ1) is 56.5. The van der Waals surface area contributed by atoms with Gasteiger partial charge in [0.1, 0.15) is 17.4 Å². The molecule has 0 saturated carbocycles. The highest BCUT2D eigenvalue weighted by molar-refractivity contribution is 6.47. The predicted molar refractivity (Wildman–Crippen MR) is 284 cm³/mol. The molecule has 2 amide bonds. The number of aliphatic imine (C=N–C) groups is 1. The van der Waals surface area contributed by atoms with Gasteiger partial charge in [0.25, 0.3) is 5.91 Å². The van der Waals surface area contributed by atoms with Crippen LogP contribution >= 0.6 is 46.4 Å². The summed E-state index contributed by atoms with van der Waals surface area (Å²) in [5.74, 6) is -0.917. The summed E-state index contributed by atoms with van der Waals surface area (Å²) < 4.78 is 10.6. The Hall–Kier alpha value is -4.45. The van der Waals surface area contributed by atoms with E-state index in [1.807, 2.05) is 89.5 Å². The Morgan fingerprint density at radius 1 is 0.629 bits per heavy atom. The van der Waals surface area contributed by atoms with Gasteiger partial charge in [0.2, 0.25) is 5.91 Å². The van der Waals surface area contributed by atoms with Crippen LogP contribution in [0, 0.1) is 10.8 Å². The molecular formula is C56H70Cl4N4O6. The molecule has 0 radical (unpaired) electrons. The summed E-state index contributed by atoms with van der Waals surface area (Å²) in [6.07, 6.45) is 2.95. The van der Waals surface area contributed by atoms with Crippen molar-refractivity contribution in [3.63, 3.8) is 0 Å². The van der Waals surface area contributed by atoms with Gasteiger partial charge in [0.05, 0.1) is 41.1 Å². The van der Waals surface area contributed by atoms with Gasteiger partial charge in [-0.05, 0) is 169 Å². The van der Waals surface area contributed by atoms with Crippen LogP contribution in [0.3, 0.4) is 0 Å². The molecule has 4 aromatic rings. The van der Waals surface area contributed by atoms with E-state index in [-0.39, 0.29) is 58.9 Å². The molecule has 10 nitrogen and oxygen atoms in total. The van der Waals surface area contributed by atoms with Crippen molar-refractivity contribution in [1.29, 1.82) is 0 Å². The van der Waals surface area contributed by atoms with E-state index in [9.17, 15) is 19.2 Å². The zero-order chi connectivity index (χ0) is 52.3. The molecule has 1 fully saturated rings. The SMILES string of the molecule is CC(C)OC(=O)c1ccc([C@@H](CCC(C)(C)C)N2C(=O)C(c3cc(Cl)cc(Cl)c3)=NC2(C)C)cc1.CC(C)OC(=O)c1ccc([C@@H](CCC(C)(C)C)N2C(=O)C(c3cc(Cl)cc(Cl)c3)NC2(C)C)cc1. The predicted octanol–water partition coefficient (Wildman–Crippen LogP) is 14.8. The Morgan fingerprint density at radius 3 is 1.40 bits per heavy atom. The van der Waals surface area contributed by atoms with Gasteiger partial charge in [-0.15, -0.1) is 0 Å². The largest absolute Gasteiger partial charge is 0.459 e. The molecule has 378 valence electrons. The molecule has 14 heteroatoms. The summed E-state index contributed by atoms with van der Waals surface area (Å²) in [7, 11) is 0. The van der Waals surface area contributed by atoms with Crippen molar-refractivity contribution in [3.05, 3.63) is 138 Å². The molecule has 70 heavy (non-hydrogen) atoms. The van der Waals surface area contributed by atoms with Gasteiger partial charge in [-0.25, -0.2) is 9.59 Å². The van der Waals surface area contributed by atoms with E-state index < -0.39 is 17.4 Å². The zero-order valence-corrected chi connectivity index (χ0v) is 46.1. The molecule has 1 saturated heterocycles. The van der Waals surface area contributed by atoms with Crippen LogP contribution in [0.5, 0.6) is 0 Å². The highest BCUT2D eigenvalue weighted by Gasteiger charge is 2.49. The third-order valence-electron chi connectivity index (χ3n) is 12.0. The number of nitrogens with zero attached hydrogens (tertiary/aromatic N) is 3. The van der Waals surface area contributed by atoms with Gasteiger partial charge in [-0.2, -0.15) is 0 Å². The first-order valence-corrected chi connectivity index (χ1v) is 25.5. The Bertz CT molecular complexity index is 2430. The molecule has 1 N–H and O–H groups in total. The highest BCUT2D eigenvalue weighted by Crippen LogP contribution is 2.43. The summed E-state index contributed by atoms with van der Waals surface area (Å²) in [6, 6.07) is 24.0. The lowest BCUT2D eigenvalue weighted by Gasteiger charge is -2.39. The molecule has 0 aliphatic carbocycles. The van der Waals surface area contributed by atoms with Crippen LogP contribution in [0.15, 0.2) is 89.9 Å². The van der Waals surface area contributed by atoms with Gasteiger partial charge in [0.15, 0.2) is 0 Å². The fourth-order valence-electron chi connectivity index (χ4n) is 8.83. The lowest BCUT2D eigenvalue weighted by atomic mass is 9.86. The van der Waals surface area contributed by atoms with E-state index in [2.05, 4.69) is 46.9 Å². The number of benzene rings is 4. The molecule has 0 aromatic heterocycles. The van der Waals surface area contributed by atoms with Crippen molar-refractivity contribution in [2.75, 3.05) is 0 Å². The van der Waals surface area contributed by atoms with E-state index in [0.29, 0.717) is 42.5 Å². The summed E-state index contributed by atoms with van der Waals surface area (Å²) in [4.78, 5) is 60.9. The molecule has 2 aliphatic heterocycles. The van der Waals surface area contributed by atoms with E-state index >= 15 is 0 Å². The van der Waals surface area contributed by atoms with Crippen molar-refractivity contribution in [2.24, 2.45) is 15.8 Å².